The Hall–Kier alpha value is -2.89. The third kappa shape index (κ3) is 5.13. The van der Waals surface area contributed by atoms with Crippen LogP contribution in [0.2, 0.25) is 0 Å². The van der Waals surface area contributed by atoms with E-state index in [0.717, 1.165) is 6.54 Å². The molecule has 1 fully saturated rings. The maximum Gasteiger partial charge on any atom is 0.229 e. The van der Waals surface area contributed by atoms with Crippen LogP contribution in [0.4, 0.5) is 10.1 Å². The van der Waals surface area contributed by atoms with Crippen LogP contribution >= 0.6 is 12.4 Å². The largest absolute Gasteiger partial charge is 0.457 e. The van der Waals surface area contributed by atoms with Crippen LogP contribution < -0.4 is 15.4 Å². The molecule has 0 unspecified atom stereocenters. The molecule has 3 aromatic rings. The molecule has 0 aliphatic carbocycles. The Balaban J connectivity index is 0.00000240. The van der Waals surface area contributed by atoms with Crippen LogP contribution in [0.15, 0.2) is 78.9 Å². The van der Waals surface area contributed by atoms with Crippen LogP contribution in [0.25, 0.3) is 0 Å². The van der Waals surface area contributed by atoms with E-state index in [-0.39, 0.29) is 36.0 Å². The maximum absolute atomic E-state index is 13.0. The number of anilines is 1. The molecule has 0 radical (unpaired) electrons. The lowest BCUT2D eigenvalue weighted by molar-refractivity contribution is -0.119. The second-order valence-electron chi connectivity index (χ2n) is 6.85. The Labute approximate surface area is 175 Å². The van der Waals surface area contributed by atoms with Gasteiger partial charge in [0.2, 0.25) is 5.91 Å². The van der Waals surface area contributed by atoms with Crippen LogP contribution in [0.3, 0.4) is 0 Å². The molecular weight excluding hydrogens is 391 g/mol. The first kappa shape index (κ1) is 20.8. The zero-order valence-electron chi connectivity index (χ0n) is 15.7. The number of carbonyl (C=O) groups excluding carboxylic acids is 1. The van der Waals surface area contributed by atoms with Crippen LogP contribution in [-0.2, 0) is 4.79 Å². The van der Waals surface area contributed by atoms with E-state index in [1.54, 1.807) is 24.3 Å². The zero-order valence-corrected chi connectivity index (χ0v) is 16.5. The first-order valence-corrected chi connectivity index (χ1v) is 9.29. The topological polar surface area (TPSA) is 50.4 Å². The number of hydrogen-bond acceptors (Lipinski definition) is 3. The lowest BCUT2D eigenvalue weighted by atomic mass is 9.88. The molecular formula is C23H22ClFN2O2. The lowest BCUT2D eigenvalue weighted by Crippen LogP contribution is -2.28. The number of benzene rings is 3. The van der Waals surface area contributed by atoms with Gasteiger partial charge >= 0.3 is 0 Å². The average molecular weight is 413 g/mol. The highest BCUT2D eigenvalue weighted by atomic mass is 35.5. The average Bonchev–Trinajstić information content (AvgIpc) is 3.21. The molecule has 1 heterocycles. The van der Waals surface area contributed by atoms with Crippen LogP contribution in [0, 0.1) is 11.7 Å². The van der Waals surface area contributed by atoms with Crippen LogP contribution in [0.5, 0.6) is 11.5 Å². The van der Waals surface area contributed by atoms with Gasteiger partial charge < -0.3 is 15.4 Å². The van der Waals surface area contributed by atoms with E-state index in [0.29, 0.717) is 23.7 Å². The molecule has 1 aliphatic heterocycles. The fourth-order valence-corrected chi connectivity index (χ4v) is 3.52. The Bertz CT molecular complexity index is 951. The fourth-order valence-electron chi connectivity index (χ4n) is 3.52. The molecule has 4 nitrogen and oxygen atoms in total. The Morgan fingerprint density at radius 1 is 0.931 bits per heavy atom. The van der Waals surface area contributed by atoms with E-state index in [1.165, 1.54) is 17.7 Å². The van der Waals surface area contributed by atoms with E-state index in [1.807, 2.05) is 30.3 Å². The molecule has 0 saturated carbocycles. The summed E-state index contributed by atoms with van der Waals surface area (Å²) in [6.45, 7) is 1.44. The second kappa shape index (κ2) is 9.54. The Kier molecular flexibility index (Phi) is 6.86. The SMILES string of the molecule is Cl.O=C(Nc1cccc(Oc2ccc(F)cc2)c1)[C@@H]1CNC[C@H]1c1ccccc1. The second-order valence-corrected chi connectivity index (χ2v) is 6.85. The molecule has 0 bridgehead atoms. The van der Waals surface area contributed by atoms with Crippen LogP contribution in [-0.4, -0.2) is 19.0 Å². The summed E-state index contributed by atoms with van der Waals surface area (Å²) < 4.78 is 18.8. The van der Waals surface area contributed by atoms with Gasteiger partial charge in [-0.15, -0.1) is 12.4 Å². The van der Waals surface area contributed by atoms with Gasteiger partial charge in [0.1, 0.15) is 17.3 Å². The molecule has 0 spiro atoms. The molecule has 150 valence electrons. The smallest absolute Gasteiger partial charge is 0.229 e. The molecule has 1 amide bonds. The molecule has 6 heteroatoms. The Morgan fingerprint density at radius 3 is 2.45 bits per heavy atom. The molecule has 29 heavy (non-hydrogen) atoms. The van der Waals surface area contributed by atoms with Crippen molar-refractivity contribution in [2.75, 3.05) is 18.4 Å². The van der Waals surface area contributed by atoms with Crippen molar-refractivity contribution in [2.24, 2.45) is 5.92 Å². The van der Waals surface area contributed by atoms with Gasteiger partial charge in [-0.1, -0.05) is 36.4 Å². The molecule has 1 saturated heterocycles. The number of ether oxygens (including phenoxy) is 1. The van der Waals surface area contributed by atoms with E-state index in [9.17, 15) is 9.18 Å². The van der Waals surface area contributed by atoms with Crippen molar-refractivity contribution in [3.05, 3.63) is 90.2 Å². The first-order valence-electron chi connectivity index (χ1n) is 9.29. The minimum absolute atomic E-state index is 0. The fraction of sp³-hybridized carbons (Fsp3) is 0.174. The summed E-state index contributed by atoms with van der Waals surface area (Å²) in [6, 6.07) is 23.1. The standard InChI is InChI=1S/C23H21FN2O2.ClH/c24-17-9-11-19(12-10-17)28-20-8-4-7-18(13-20)26-23(27)22-15-25-14-21(22)16-5-2-1-3-6-16;/h1-13,21-22,25H,14-15H2,(H,26,27);1H/t21-,22+;/m0./s1. The maximum atomic E-state index is 13.0. The van der Waals surface area contributed by atoms with Crippen molar-refractivity contribution in [3.8, 4) is 11.5 Å². The summed E-state index contributed by atoms with van der Waals surface area (Å²) in [5, 5.41) is 6.32. The number of nitrogens with one attached hydrogen (secondary N) is 2. The first-order chi connectivity index (χ1) is 13.7. The van der Waals surface area contributed by atoms with Crippen molar-refractivity contribution in [3.63, 3.8) is 0 Å². The predicted octanol–water partition coefficient (Wildman–Crippen LogP) is 4.98. The van der Waals surface area contributed by atoms with Gasteiger partial charge in [-0.2, -0.15) is 0 Å². The van der Waals surface area contributed by atoms with Gasteiger partial charge in [-0.05, 0) is 42.0 Å². The zero-order chi connectivity index (χ0) is 19.3. The number of amides is 1. The van der Waals surface area contributed by atoms with Gasteiger partial charge in [0.05, 0.1) is 5.92 Å². The third-order valence-corrected chi connectivity index (χ3v) is 4.93. The van der Waals surface area contributed by atoms with Gasteiger partial charge in [0, 0.05) is 30.8 Å². The highest BCUT2D eigenvalue weighted by molar-refractivity contribution is 5.93. The van der Waals surface area contributed by atoms with E-state index >= 15 is 0 Å². The summed E-state index contributed by atoms with van der Waals surface area (Å²) in [7, 11) is 0. The van der Waals surface area contributed by atoms with Crippen molar-refractivity contribution in [1.29, 1.82) is 0 Å². The lowest BCUT2D eigenvalue weighted by Gasteiger charge is -2.19. The normalized spacial score (nSPS) is 18.0. The number of hydrogen-bond donors (Lipinski definition) is 2. The van der Waals surface area contributed by atoms with E-state index in [2.05, 4.69) is 22.8 Å². The molecule has 0 aromatic heterocycles. The molecule has 3 aromatic carbocycles. The van der Waals surface area contributed by atoms with Crippen molar-refractivity contribution >= 4 is 24.0 Å². The van der Waals surface area contributed by atoms with E-state index in [4.69, 9.17) is 4.74 Å². The minimum atomic E-state index is -0.313. The number of halogens is 2. The van der Waals surface area contributed by atoms with Crippen molar-refractivity contribution in [2.45, 2.75) is 5.92 Å². The Morgan fingerprint density at radius 2 is 1.69 bits per heavy atom. The highest BCUT2D eigenvalue weighted by Crippen LogP contribution is 2.30. The van der Waals surface area contributed by atoms with Gasteiger partial charge in [-0.25, -0.2) is 4.39 Å². The highest BCUT2D eigenvalue weighted by Gasteiger charge is 2.33. The summed E-state index contributed by atoms with van der Waals surface area (Å²) in [5.74, 6) is 0.802. The van der Waals surface area contributed by atoms with Gasteiger partial charge in [0.15, 0.2) is 0 Å². The summed E-state index contributed by atoms with van der Waals surface area (Å²) in [6.07, 6.45) is 0. The summed E-state index contributed by atoms with van der Waals surface area (Å²) >= 11 is 0. The van der Waals surface area contributed by atoms with Crippen LogP contribution in [0.1, 0.15) is 11.5 Å². The summed E-state index contributed by atoms with van der Waals surface area (Å²) in [5.41, 5.74) is 1.84. The molecule has 2 atom stereocenters. The third-order valence-electron chi connectivity index (χ3n) is 4.93. The molecule has 4 rings (SSSR count). The minimum Gasteiger partial charge on any atom is -0.457 e. The summed E-state index contributed by atoms with van der Waals surface area (Å²) in [4.78, 5) is 12.9. The quantitative estimate of drug-likeness (QED) is 0.621. The monoisotopic (exact) mass is 412 g/mol. The predicted molar refractivity (Wildman–Crippen MR) is 114 cm³/mol. The van der Waals surface area contributed by atoms with Gasteiger partial charge in [0.25, 0.3) is 0 Å². The van der Waals surface area contributed by atoms with Gasteiger partial charge in [-0.3, -0.25) is 4.79 Å². The van der Waals surface area contributed by atoms with Crippen molar-refractivity contribution < 1.29 is 13.9 Å². The van der Waals surface area contributed by atoms with E-state index < -0.39 is 0 Å². The molecule has 1 aliphatic rings. The number of rotatable bonds is 5. The molecule has 2 N–H and O–H groups in total. The van der Waals surface area contributed by atoms with Crippen molar-refractivity contribution in [1.82, 2.24) is 5.32 Å². The number of carbonyl (C=O) groups is 1.